The molecule has 1 amide bonds. The number of nitrogen functional groups attached to an aromatic ring is 1. The largest absolute Gasteiger partial charge is 0.335 e. The lowest BCUT2D eigenvalue weighted by atomic mass is 10.2. The minimum atomic E-state index is -0.388. The van der Waals surface area contributed by atoms with Gasteiger partial charge in [-0.15, -0.1) is 10.2 Å². The third-order valence-corrected chi connectivity index (χ3v) is 5.05. The number of halogens is 1. The molecule has 0 spiro atoms. The summed E-state index contributed by atoms with van der Waals surface area (Å²) < 4.78 is 1.38. The Balaban J connectivity index is 1.69. The molecule has 0 bridgehead atoms. The molecule has 3 aromatic rings. The maximum absolute atomic E-state index is 12.4. The molecule has 0 aliphatic rings. The molecule has 8 heteroatoms. The molecule has 0 saturated carbocycles. The van der Waals surface area contributed by atoms with Crippen LogP contribution >= 0.6 is 23.4 Å². The molecule has 3 rings (SSSR count). The lowest BCUT2D eigenvalue weighted by Crippen LogP contribution is -2.23. The third kappa shape index (κ3) is 4.17. The Morgan fingerprint density at radius 1 is 1.15 bits per heavy atom. The van der Waals surface area contributed by atoms with E-state index in [1.54, 1.807) is 19.1 Å². The van der Waals surface area contributed by atoms with Crippen molar-refractivity contribution in [2.45, 2.75) is 24.3 Å². The number of carbonyl (C=O) groups excluding carboxylic acids is 1. The zero-order valence-corrected chi connectivity index (χ0v) is 15.9. The summed E-state index contributed by atoms with van der Waals surface area (Å²) in [7, 11) is 0. The molecule has 1 atom stereocenters. The van der Waals surface area contributed by atoms with Crippen molar-refractivity contribution in [1.29, 1.82) is 0 Å². The van der Waals surface area contributed by atoms with Crippen molar-refractivity contribution < 1.29 is 4.79 Å². The Kier molecular flexibility index (Phi) is 5.49. The number of rotatable bonds is 5. The van der Waals surface area contributed by atoms with Crippen LogP contribution in [-0.4, -0.2) is 26.0 Å². The molecule has 3 N–H and O–H groups in total. The van der Waals surface area contributed by atoms with Crippen LogP contribution < -0.4 is 11.2 Å². The Bertz CT molecular complexity index is 908. The molecular formula is C18H18ClN5OS. The monoisotopic (exact) mass is 387 g/mol. The number of nitrogens with two attached hydrogens (primary N) is 1. The normalized spacial score (nSPS) is 12.0. The van der Waals surface area contributed by atoms with Gasteiger partial charge in [0.2, 0.25) is 11.1 Å². The van der Waals surface area contributed by atoms with E-state index in [0.717, 1.165) is 16.8 Å². The van der Waals surface area contributed by atoms with Crippen LogP contribution in [0.5, 0.6) is 0 Å². The van der Waals surface area contributed by atoms with Gasteiger partial charge in [-0.2, -0.15) is 0 Å². The fourth-order valence-corrected chi connectivity index (χ4v) is 3.14. The Labute approximate surface area is 160 Å². The summed E-state index contributed by atoms with van der Waals surface area (Å²) in [6.45, 7) is 3.79. The molecule has 0 fully saturated rings. The second-order valence-corrected chi connectivity index (χ2v) is 7.54. The number of thioether (sulfide) groups is 1. The number of amides is 1. The Morgan fingerprint density at radius 3 is 2.46 bits per heavy atom. The van der Waals surface area contributed by atoms with E-state index in [0.29, 0.717) is 16.0 Å². The van der Waals surface area contributed by atoms with E-state index in [9.17, 15) is 4.79 Å². The summed E-state index contributed by atoms with van der Waals surface area (Å²) in [5, 5.41) is 11.8. The highest BCUT2D eigenvalue weighted by molar-refractivity contribution is 8.00. The van der Waals surface area contributed by atoms with Crippen molar-refractivity contribution in [2.24, 2.45) is 0 Å². The smallest absolute Gasteiger partial charge is 0.237 e. The van der Waals surface area contributed by atoms with E-state index >= 15 is 0 Å². The van der Waals surface area contributed by atoms with Crippen LogP contribution in [0, 0.1) is 6.92 Å². The molecule has 134 valence electrons. The average molecular weight is 388 g/mol. The molecular weight excluding hydrogens is 370 g/mol. The highest BCUT2D eigenvalue weighted by atomic mass is 35.5. The molecule has 1 heterocycles. The van der Waals surface area contributed by atoms with Gasteiger partial charge in [0.05, 0.1) is 5.25 Å². The van der Waals surface area contributed by atoms with Crippen molar-refractivity contribution in [2.75, 3.05) is 11.2 Å². The van der Waals surface area contributed by atoms with E-state index in [2.05, 4.69) is 15.5 Å². The lowest BCUT2D eigenvalue weighted by molar-refractivity contribution is -0.115. The van der Waals surface area contributed by atoms with Gasteiger partial charge < -0.3 is 11.2 Å². The van der Waals surface area contributed by atoms with Gasteiger partial charge in [0, 0.05) is 16.3 Å². The van der Waals surface area contributed by atoms with Crippen LogP contribution in [0.1, 0.15) is 12.5 Å². The topological polar surface area (TPSA) is 85.8 Å². The predicted molar refractivity (Wildman–Crippen MR) is 106 cm³/mol. The van der Waals surface area contributed by atoms with Crippen molar-refractivity contribution in [3.05, 3.63) is 59.1 Å². The number of hydrogen-bond acceptors (Lipinski definition) is 5. The predicted octanol–water partition coefficient (Wildman–Crippen LogP) is 3.74. The van der Waals surface area contributed by atoms with Gasteiger partial charge in [0.15, 0.2) is 5.82 Å². The first kappa shape index (κ1) is 18.3. The van der Waals surface area contributed by atoms with E-state index in [4.69, 9.17) is 17.4 Å². The van der Waals surface area contributed by atoms with Crippen LogP contribution in [-0.2, 0) is 4.79 Å². The summed E-state index contributed by atoms with van der Waals surface area (Å²) in [6, 6.07) is 14.8. The lowest BCUT2D eigenvalue weighted by Gasteiger charge is -2.11. The summed E-state index contributed by atoms with van der Waals surface area (Å²) in [4.78, 5) is 12.4. The van der Waals surface area contributed by atoms with E-state index in [-0.39, 0.29) is 11.2 Å². The van der Waals surface area contributed by atoms with E-state index < -0.39 is 0 Å². The van der Waals surface area contributed by atoms with Crippen molar-refractivity contribution in [3.63, 3.8) is 0 Å². The molecule has 0 unspecified atom stereocenters. The third-order valence-electron chi connectivity index (χ3n) is 3.74. The molecule has 0 aliphatic heterocycles. The Hall–Kier alpha value is -2.51. The number of hydrogen-bond donors (Lipinski definition) is 2. The highest BCUT2D eigenvalue weighted by Crippen LogP contribution is 2.26. The quantitative estimate of drug-likeness (QED) is 0.514. The van der Waals surface area contributed by atoms with Crippen molar-refractivity contribution in [1.82, 2.24) is 14.9 Å². The molecule has 0 saturated heterocycles. The number of nitrogens with one attached hydrogen (secondary N) is 1. The fraction of sp³-hybridized carbons (Fsp3) is 0.167. The number of aromatic nitrogens is 3. The van der Waals surface area contributed by atoms with Gasteiger partial charge in [-0.05, 0) is 50.2 Å². The number of benzene rings is 2. The molecule has 0 radical (unpaired) electrons. The molecule has 2 aromatic carbocycles. The molecule has 26 heavy (non-hydrogen) atoms. The minimum absolute atomic E-state index is 0.130. The average Bonchev–Trinajstić information content (AvgIpc) is 2.98. The van der Waals surface area contributed by atoms with Crippen LogP contribution in [0.15, 0.2) is 53.7 Å². The number of nitrogens with zero attached hydrogens (tertiary/aromatic N) is 3. The zero-order valence-electron chi connectivity index (χ0n) is 14.3. The Morgan fingerprint density at radius 2 is 1.81 bits per heavy atom. The molecule has 6 nitrogen and oxygen atoms in total. The van der Waals surface area contributed by atoms with Crippen LogP contribution in [0.4, 0.5) is 5.69 Å². The van der Waals surface area contributed by atoms with Gasteiger partial charge in [-0.3, -0.25) is 4.79 Å². The SMILES string of the molecule is Cc1ccc(NC(=O)[C@@H](C)Sc2nnc(-c3ccc(Cl)cc3)n2N)cc1. The van der Waals surface area contributed by atoms with Crippen LogP contribution in [0.3, 0.4) is 0 Å². The van der Waals surface area contributed by atoms with Gasteiger partial charge in [-0.1, -0.05) is 41.1 Å². The zero-order chi connectivity index (χ0) is 18.7. The summed E-state index contributed by atoms with van der Waals surface area (Å²) in [6.07, 6.45) is 0. The summed E-state index contributed by atoms with van der Waals surface area (Å²) in [5.41, 5.74) is 2.69. The highest BCUT2D eigenvalue weighted by Gasteiger charge is 2.20. The van der Waals surface area contributed by atoms with Gasteiger partial charge in [0.1, 0.15) is 0 Å². The first-order chi connectivity index (χ1) is 12.4. The van der Waals surface area contributed by atoms with Crippen molar-refractivity contribution in [3.8, 4) is 11.4 Å². The summed E-state index contributed by atoms with van der Waals surface area (Å²) >= 11 is 7.15. The first-order valence-corrected chi connectivity index (χ1v) is 9.20. The van der Waals surface area contributed by atoms with Crippen molar-refractivity contribution >= 4 is 35.0 Å². The minimum Gasteiger partial charge on any atom is -0.335 e. The molecule has 1 aromatic heterocycles. The van der Waals surface area contributed by atoms with Crippen LogP contribution in [0.25, 0.3) is 11.4 Å². The summed E-state index contributed by atoms with van der Waals surface area (Å²) in [5.74, 6) is 6.48. The fourth-order valence-electron chi connectivity index (χ4n) is 2.25. The van der Waals surface area contributed by atoms with Crippen LogP contribution in [0.2, 0.25) is 5.02 Å². The van der Waals surface area contributed by atoms with Gasteiger partial charge in [0.25, 0.3) is 0 Å². The second-order valence-electron chi connectivity index (χ2n) is 5.80. The van der Waals surface area contributed by atoms with Gasteiger partial charge in [-0.25, -0.2) is 4.68 Å². The second kappa shape index (κ2) is 7.80. The molecule has 0 aliphatic carbocycles. The number of anilines is 1. The van der Waals surface area contributed by atoms with E-state index in [1.165, 1.54) is 16.4 Å². The van der Waals surface area contributed by atoms with Gasteiger partial charge >= 0.3 is 0 Å². The first-order valence-electron chi connectivity index (χ1n) is 7.94. The number of carbonyl (C=O) groups is 1. The maximum Gasteiger partial charge on any atom is 0.237 e. The number of aryl methyl sites for hydroxylation is 1. The standard InChI is InChI=1S/C18H18ClN5OS/c1-11-3-9-15(10-4-11)21-17(25)12(2)26-18-23-22-16(24(18)20)13-5-7-14(19)8-6-13/h3-10,12H,20H2,1-2H3,(H,21,25)/t12-/m1/s1. The maximum atomic E-state index is 12.4. The van der Waals surface area contributed by atoms with E-state index in [1.807, 2.05) is 43.3 Å².